The zero-order valence-electron chi connectivity index (χ0n) is 19.5. The molecule has 3 aromatic rings. The fraction of sp³-hybridized carbons (Fsp3) is 0.360. The largest absolute Gasteiger partial charge is 0.496 e. The maximum atomic E-state index is 13.1. The Morgan fingerprint density at radius 3 is 2.46 bits per heavy atom. The van der Waals surface area contributed by atoms with Crippen molar-refractivity contribution in [2.24, 2.45) is 0 Å². The Kier molecular flexibility index (Phi) is 7.30. The third-order valence-electron chi connectivity index (χ3n) is 6.06. The van der Waals surface area contributed by atoms with Gasteiger partial charge in [-0.2, -0.15) is 18.3 Å². The van der Waals surface area contributed by atoms with E-state index < -0.39 is 17.6 Å². The number of hydrogen-bond acceptors (Lipinski definition) is 5. The summed E-state index contributed by atoms with van der Waals surface area (Å²) in [6.45, 7) is 2.37. The smallest absolute Gasteiger partial charge is 0.416 e. The lowest BCUT2D eigenvalue weighted by Gasteiger charge is -2.32. The highest BCUT2D eigenvalue weighted by atomic mass is 19.4. The Morgan fingerprint density at radius 1 is 1.06 bits per heavy atom. The van der Waals surface area contributed by atoms with E-state index in [1.807, 2.05) is 24.3 Å². The molecule has 0 radical (unpaired) electrons. The second-order valence-corrected chi connectivity index (χ2v) is 8.37. The molecule has 1 aliphatic rings. The van der Waals surface area contributed by atoms with E-state index in [2.05, 4.69) is 15.3 Å². The maximum absolute atomic E-state index is 13.1. The summed E-state index contributed by atoms with van der Waals surface area (Å²) in [6.07, 6.45) is -1.55. The molecule has 35 heavy (non-hydrogen) atoms. The van der Waals surface area contributed by atoms with E-state index in [-0.39, 0.29) is 23.2 Å². The number of para-hydroxylation sites is 1. The molecule has 1 N–H and O–H groups in total. The van der Waals surface area contributed by atoms with E-state index in [1.54, 1.807) is 7.11 Å². The number of rotatable bonds is 7. The Hall–Kier alpha value is -3.53. The van der Waals surface area contributed by atoms with Gasteiger partial charge >= 0.3 is 6.18 Å². The van der Waals surface area contributed by atoms with E-state index in [9.17, 15) is 18.0 Å². The molecule has 1 aliphatic heterocycles. The van der Waals surface area contributed by atoms with Crippen LogP contribution in [-0.4, -0.2) is 53.9 Å². The molecule has 0 unspecified atom stereocenters. The van der Waals surface area contributed by atoms with Gasteiger partial charge in [-0.05, 0) is 37.1 Å². The van der Waals surface area contributed by atoms with Gasteiger partial charge in [0.1, 0.15) is 5.75 Å². The Balaban J connectivity index is 1.40. The van der Waals surface area contributed by atoms with Crippen molar-refractivity contribution in [1.82, 2.24) is 20.0 Å². The Labute approximate surface area is 201 Å². The van der Waals surface area contributed by atoms with E-state index in [0.29, 0.717) is 0 Å². The maximum Gasteiger partial charge on any atom is 0.416 e. The van der Waals surface area contributed by atoms with Crippen LogP contribution in [0.4, 0.5) is 13.2 Å². The molecule has 1 fully saturated rings. The van der Waals surface area contributed by atoms with Gasteiger partial charge in [-0.1, -0.05) is 24.3 Å². The molecule has 2 aromatic carbocycles. The molecule has 0 bridgehead atoms. The summed E-state index contributed by atoms with van der Waals surface area (Å²) in [5.74, 6) is 0.621. The fourth-order valence-electron chi connectivity index (χ4n) is 4.19. The number of nitrogens with zero attached hydrogens (tertiary/aromatic N) is 3. The summed E-state index contributed by atoms with van der Waals surface area (Å²) < 4.78 is 51.2. The second kappa shape index (κ2) is 10.4. The van der Waals surface area contributed by atoms with Crippen LogP contribution in [0.3, 0.4) is 0 Å². The van der Waals surface area contributed by atoms with Crippen molar-refractivity contribution in [2.75, 3.05) is 27.3 Å². The number of carbonyl (C=O) groups is 1. The summed E-state index contributed by atoms with van der Waals surface area (Å²) in [5.41, 5.74) is 0.529. The minimum absolute atomic E-state index is 0.0290. The molecule has 0 spiro atoms. The van der Waals surface area contributed by atoms with Crippen molar-refractivity contribution in [1.29, 1.82) is 0 Å². The van der Waals surface area contributed by atoms with Crippen molar-refractivity contribution in [3.8, 4) is 17.2 Å². The van der Waals surface area contributed by atoms with Crippen molar-refractivity contribution in [2.45, 2.75) is 31.6 Å². The average molecular weight is 489 g/mol. The van der Waals surface area contributed by atoms with E-state index >= 15 is 0 Å². The van der Waals surface area contributed by atoms with Crippen LogP contribution in [0.5, 0.6) is 11.5 Å². The first kappa shape index (κ1) is 24.6. The van der Waals surface area contributed by atoms with Crippen LogP contribution in [0.25, 0.3) is 5.69 Å². The minimum atomic E-state index is -4.48. The predicted octanol–water partition coefficient (Wildman–Crippen LogP) is 4.30. The third-order valence-corrected chi connectivity index (χ3v) is 6.06. The number of hydrogen-bond donors (Lipinski definition) is 1. The average Bonchev–Trinajstić information content (AvgIpc) is 3.30. The molecule has 0 saturated carbocycles. The van der Waals surface area contributed by atoms with E-state index in [0.717, 1.165) is 55.9 Å². The van der Waals surface area contributed by atoms with Crippen LogP contribution in [0.15, 0.2) is 54.7 Å². The van der Waals surface area contributed by atoms with Crippen LogP contribution in [0, 0.1) is 0 Å². The topological polar surface area (TPSA) is 68.6 Å². The number of alkyl halides is 3. The first-order valence-corrected chi connectivity index (χ1v) is 11.2. The van der Waals surface area contributed by atoms with Crippen LogP contribution in [-0.2, 0) is 12.7 Å². The van der Waals surface area contributed by atoms with Gasteiger partial charge in [0.2, 0.25) is 0 Å². The number of methoxy groups -OCH3 is 2. The molecule has 2 heterocycles. The lowest BCUT2D eigenvalue weighted by molar-refractivity contribution is -0.137. The van der Waals surface area contributed by atoms with Crippen molar-refractivity contribution in [3.05, 3.63) is 71.5 Å². The van der Waals surface area contributed by atoms with E-state index in [4.69, 9.17) is 9.47 Å². The summed E-state index contributed by atoms with van der Waals surface area (Å²) in [5, 5.41) is 7.21. The number of nitrogens with one attached hydrogen (secondary N) is 1. The van der Waals surface area contributed by atoms with Gasteiger partial charge in [0.15, 0.2) is 11.4 Å². The number of carbonyl (C=O) groups excluding carboxylic acids is 1. The number of likely N-dealkylation sites (tertiary alicyclic amines) is 1. The first-order valence-electron chi connectivity index (χ1n) is 11.2. The SMILES string of the molecule is COc1ccccc1CN1CCC(NC(=O)c2nn(-c3cccc(C(F)(F)F)c3)cc2OC)CC1. The third kappa shape index (κ3) is 5.76. The van der Waals surface area contributed by atoms with Crippen molar-refractivity contribution >= 4 is 5.91 Å². The van der Waals surface area contributed by atoms with Gasteiger partial charge in [-0.15, -0.1) is 0 Å². The number of aromatic nitrogens is 2. The van der Waals surface area contributed by atoms with Gasteiger partial charge in [0, 0.05) is 31.2 Å². The lowest BCUT2D eigenvalue weighted by Crippen LogP contribution is -2.44. The molecule has 0 atom stereocenters. The summed E-state index contributed by atoms with van der Waals surface area (Å²) in [6, 6.07) is 12.6. The van der Waals surface area contributed by atoms with Gasteiger partial charge in [0.25, 0.3) is 5.91 Å². The molecule has 1 amide bonds. The zero-order valence-corrected chi connectivity index (χ0v) is 19.5. The molecule has 186 valence electrons. The lowest BCUT2D eigenvalue weighted by atomic mass is 10.0. The molecule has 4 rings (SSSR count). The highest BCUT2D eigenvalue weighted by molar-refractivity contribution is 5.95. The molecule has 7 nitrogen and oxygen atoms in total. The summed E-state index contributed by atoms with van der Waals surface area (Å²) in [4.78, 5) is 15.3. The standard InChI is InChI=1S/C25H27F3N4O3/c1-34-21-9-4-3-6-17(21)15-31-12-10-19(11-13-31)29-24(33)23-22(35-2)16-32(30-23)20-8-5-7-18(14-20)25(26,27)28/h3-9,14,16,19H,10-13,15H2,1-2H3,(H,29,33). The Morgan fingerprint density at radius 2 is 1.77 bits per heavy atom. The van der Waals surface area contributed by atoms with Crippen LogP contribution >= 0.6 is 0 Å². The summed E-state index contributed by atoms with van der Waals surface area (Å²) in [7, 11) is 3.05. The van der Waals surface area contributed by atoms with Gasteiger partial charge in [0.05, 0.1) is 31.7 Å². The highest BCUT2D eigenvalue weighted by Crippen LogP contribution is 2.31. The Bertz CT molecular complexity index is 1170. The first-order chi connectivity index (χ1) is 16.8. The number of benzene rings is 2. The quantitative estimate of drug-likeness (QED) is 0.537. The predicted molar refractivity (Wildman–Crippen MR) is 124 cm³/mol. The van der Waals surface area contributed by atoms with Gasteiger partial charge in [-0.3, -0.25) is 9.69 Å². The molecule has 0 aliphatic carbocycles. The molecular weight excluding hydrogens is 461 g/mol. The molecular formula is C25H27F3N4O3. The molecule has 1 aromatic heterocycles. The van der Waals surface area contributed by atoms with Crippen LogP contribution in [0.2, 0.25) is 0 Å². The monoisotopic (exact) mass is 488 g/mol. The number of piperidine rings is 1. The van der Waals surface area contributed by atoms with Crippen molar-refractivity contribution in [3.63, 3.8) is 0 Å². The van der Waals surface area contributed by atoms with Crippen LogP contribution in [0.1, 0.15) is 34.5 Å². The number of halogens is 3. The van der Waals surface area contributed by atoms with Crippen molar-refractivity contribution < 1.29 is 27.4 Å². The minimum Gasteiger partial charge on any atom is -0.496 e. The second-order valence-electron chi connectivity index (χ2n) is 8.37. The van der Waals surface area contributed by atoms with Crippen LogP contribution < -0.4 is 14.8 Å². The molecule has 1 saturated heterocycles. The van der Waals surface area contributed by atoms with E-state index in [1.165, 1.54) is 30.1 Å². The number of ether oxygens (including phenoxy) is 2. The fourth-order valence-corrected chi connectivity index (χ4v) is 4.19. The normalized spacial score (nSPS) is 15.1. The zero-order chi connectivity index (χ0) is 25.0. The highest BCUT2D eigenvalue weighted by Gasteiger charge is 2.31. The molecule has 10 heteroatoms. The number of amides is 1. The van der Waals surface area contributed by atoms with Gasteiger partial charge < -0.3 is 14.8 Å². The summed E-state index contributed by atoms with van der Waals surface area (Å²) >= 11 is 0. The van der Waals surface area contributed by atoms with Gasteiger partial charge in [-0.25, -0.2) is 4.68 Å².